The molecule has 2 aliphatic heterocycles. The molecule has 2 saturated heterocycles. The van der Waals surface area contributed by atoms with Crippen LogP contribution in [0.2, 0.25) is 0 Å². The third-order valence-electron chi connectivity index (χ3n) is 6.07. The summed E-state index contributed by atoms with van der Waals surface area (Å²) in [6.07, 6.45) is 5.50. The molecule has 0 aromatic heterocycles. The Bertz CT molecular complexity index is 762. The summed E-state index contributed by atoms with van der Waals surface area (Å²) >= 11 is 0. The van der Waals surface area contributed by atoms with E-state index in [0.29, 0.717) is 12.1 Å². The van der Waals surface area contributed by atoms with E-state index in [-0.39, 0.29) is 12.1 Å². The van der Waals surface area contributed by atoms with Crippen molar-refractivity contribution in [2.24, 2.45) is 0 Å². The standard InChI is InChI=1S/C23H29N3O/c1-2-18-10-6-7-11-22(18)25-23(27)24-19-14-20-12-13-21(15-19)26(20)16-17-8-4-3-5-9-17/h3-11,19-21H,2,12-16H2,1H3,(H2,24,25,27)/t19?,20-,21+. The van der Waals surface area contributed by atoms with E-state index in [0.717, 1.165) is 31.5 Å². The summed E-state index contributed by atoms with van der Waals surface area (Å²) in [5.74, 6) is 0. The summed E-state index contributed by atoms with van der Waals surface area (Å²) in [5, 5.41) is 6.27. The first-order chi connectivity index (χ1) is 13.2. The highest BCUT2D eigenvalue weighted by molar-refractivity contribution is 5.90. The van der Waals surface area contributed by atoms with E-state index >= 15 is 0 Å². The van der Waals surface area contributed by atoms with Crippen molar-refractivity contribution < 1.29 is 4.79 Å². The maximum absolute atomic E-state index is 12.5. The number of carbonyl (C=O) groups excluding carboxylic acids is 1. The molecule has 2 heterocycles. The number of benzene rings is 2. The Morgan fingerprint density at radius 1 is 1.00 bits per heavy atom. The molecule has 0 aliphatic carbocycles. The fourth-order valence-corrected chi connectivity index (χ4v) is 4.74. The van der Waals surface area contributed by atoms with Crippen LogP contribution in [0.15, 0.2) is 54.6 Å². The van der Waals surface area contributed by atoms with Crippen LogP contribution in [0.4, 0.5) is 10.5 Å². The molecule has 2 fully saturated rings. The molecule has 2 aromatic rings. The molecule has 2 aromatic carbocycles. The van der Waals surface area contributed by atoms with E-state index in [9.17, 15) is 4.79 Å². The van der Waals surface area contributed by atoms with Crippen molar-refractivity contribution in [3.05, 3.63) is 65.7 Å². The van der Waals surface area contributed by atoms with Crippen molar-refractivity contribution in [1.29, 1.82) is 0 Å². The van der Waals surface area contributed by atoms with Gasteiger partial charge in [-0.3, -0.25) is 4.90 Å². The molecule has 4 nitrogen and oxygen atoms in total. The maximum Gasteiger partial charge on any atom is 0.319 e. The third-order valence-corrected chi connectivity index (χ3v) is 6.07. The van der Waals surface area contributed by atoms with Gasteiger partial charge < -0.3 is 10.6 Å². The zero-order valence-electron chi connectivity index (χ0n) is 16.0. The fourth-order valence-electron chi connectivity index (χ4n) is 4.74. The molecule has 2 amide bonds. The minimum atomic E-state index is -0.0724. The first-order valence-electron chi connectivity index (χ1n) is 10.2. The van der Waals surface area contributed by atoms with Crippen LogP contribution in [0.25, 0.3) is 0 Å². The molecular weight excluding hydrogens is 334 g/mol. The van der Waals surface area contributed by atoms with Gasteiger partial charge in [-0.1, -0.05) is 55.5 Å². The number of anilines is 1. The molecule has 2 aliphatic rings. The maximum atomic E-state index is 12.5. The molecule has 4 rings (SSSR count). The Morgan fingerprint density at radius 3 is 2.37 bits per heavy atom. The van der Waals surface area contributed by atoms with Gasteiger partial charge in [-0.25, -0.2) is 4.79 Å². The Morgan fingerprint density at radius 2 is 1.67 bits per heavy atom. The summed E-state index contributed by atoms with van der Waals surface area (Å²) in [6.45, 7) is 3.14. The summed E-state index contributed by atoms with van der Waals surface area (Å²) in [4.78, 5) is 15.2. The molecule has 4 heteroatoms. The number of para-hydroxylation sites is 1. The Labute approximate surface area is 162 Å². The molecular formula is C23H29N3O. The molecule has 3 atom stereocenters. The van der Waals surface area contributed by atoms with Crippen LogP contribution in [-0.4, -0.2) is 29.1 Å². The minimum absolute atomic E-state index is 0.0724. The fraction of sp³-hybridized carbons (Fsp3) is 0.435. The van der Waals surface area contributed by atoms with E-state index in [1.165, 1.54) is 24.0 Å². The van der Waals surface area contributed by atoms with Crippen LogP contribution >= 0.6 is 0 Å². The molecule has 142 valence electrons. The number of fused-ring (bicyclic) bond motifs is 2. The number of rotatable bonds is 5. The van der Waals surface area contributed by atoms with Crippen LogP contribution in [0.3, 0.4) is 0 Å². The normalized spacial score (nSPS) is 24.6. The van der Waals surface area contributed by atoms with Gasteiger partial charge >= 0.3 is 6.03 Å². The number of aryl methyl sites for hydroxylation is 1. The zero-order valence-corrected chi connectivity index (χ0v) is 16.0. The van der Waals surface area contributed by atoms with Crippen molar-refractivity contribution in [3.63, 3.8) is 0 Å². The van der Waals surface area contributed by atoms with Gasteiger partial charge in [0.1, 0.15) is 0 Å². The van der Waals surface area contributed by atoms with Gasteiger partial charge in [0.2, 0.25) is 0 Å². The SMILES string of the molecule is CCc1ccccc1NC(=O)NC1C[C@H]2CC[C@@H](C1)N2Cc1ccccc1. The predicted octanol–water partition coefficient (Wildman–Crippen LogP) is 4.57. The predicted molar refractivity (Wildman–Crippen MR) is 110 cm³/mol. The van der Waals surface area contributed by atoms with Crippen LogP contribution in [0, 0.1) is 0 Å². The Hall–Kier alpha value is -2.33. The van der Waals surface area contributed by atoms with Crippen LogP contribution in [0.5, 0.6) is 0 Å². The Balaban J connectivity index is 1.34. The van der Waals surface area contributed by atoms with Gasteiger partial charge in [0.05, 0.1) is 0 Å². The smallest absolute Gasteiger partial charge is 0.319 e. The lowest BCUT2D eigenvalue weighted by atomic mass is 9.96. The van der Waals surface area contributed by atoms with Gasteiger partial charge in [-0.2, -0.15) is 0 Å². The second-order valence-electron chi connectivity index (χ2n) is 7.82. The lowest BCUT2D eigenvalue weighted by Gasteiger charge is -2.39. The highest BCUT2D eigenvalue weighted by Crippen LogP contribution is 2.36. The highest BCUT2D eigenvalue weighted by Gasteiger charge is 2.40. The average Bonchev–Trinajstić information content (AvgIpc) is 2.91. The van der Waals surface area contributed by atoms with Crippen molar-refractivity contribution >= 4 is 11.7 Å². The Kier molecular flexibility index (Phi) is 5.44. The lowest BCUT2D eigenvalue weighted by Crippen LogP contribution is -2.50. The number of carbonyl (C=O) groups is 1. The number of nitrogens with zero attached hydrogens (tertiary/aromatic N) is 1. The summed E-state index contributed by atoms with van der Waals surface area (Å²) in [7, 11) is 0. The topological polar surface area (TPSA) is 44.4 Å². The van der Waals surface area contributed by atoms with E-state index < -0.39 is 0 Å². The van der Waals surface area contributed by atoms with Gasteiger partial charge in [0.25, 0.3) is 0 Å². The monoisotopic (exact) mass is 363 g/mol. The number of hydrogen-bond acceptors (Lipinski definition) is 2. The largest absolute Gasteiger partial charge is 0.335 e. The highest BCUT2D eigenvalue weighted by atomic mass is 16.2. The van der Waals surface area contributed by atoms with Gasteiger partial charge in [0.15, 0.2) is 0 Å². The molecule has 27 heavy (non-hydrogen) atoms. The third kappa shape index (κ3) is 4.16. The first-order valence-corrected chi connectivity index (χ1v) is 10.2. The van der Waals surface area contributed by atoms with E-state index in [1.54, 1.807) is 0 Å². The van der Waals surface area contributed by atoms with Crippen LogP contribution in [0.1, 0.15) is 43.7 Å². The summed E-state index contributed by atoms with van der Waals surface area (Å²) in [5.41, 5.74) is 3.47. The van der Waals surface area contributed by atoms with E-state index in [1.807, 2.05) is 18.2 Å². The van der Waals surface area contributed by atoms with Crippen LogP contribution in [-0.2, 0) is 13.0 Å². The molecule has 0 spiro atoms. The molecule has 2 N–H and O–H groups in total. The van der Waals surface area contributed by atoms with Crippen molar-refractivity contribution in [3.8, 4) is 0 Å². The van der Waals surface area contributed by atoms with Gasteiger partial charge in [-0.15, -0.1) is 0 Å². The summed E-state index contributed by atoms with van der Waals surface area (Å²) < 4.78 is 0. The van der Waals surface area contributed by atoms with Crippen molar-refractivity contribution in [2.45, 2.75) is 63.7 Å². The van der Waals surface area contributed by atoms with Crippen molar-refractivity contribution in [2.75, 3.05) is 5.32 Å². The number of hydrogen-bond donors (Lipinski definition) is 2. The van der Waals surface area contributed by atoms with E-state index in [2.05, 4.69) is 58.9 Å². The minimum Gasteiger partial charge on any atom is -0.335 e. The molecule has 0 radical (unpaired) electrons. The van der Waals surface area contributed by atoms with Gasteiger partial charge in [0, 0.05) is 30.4 Å². The summed E-state index contributed by atoms with van der Waals surface area (Å²) in [6, 6.07) is 20.1. The number of amides is 2. The first kappa shape index (κ1) is 18.1. The quantitative estimate of drug-likeness (QED) is 0.817. The molecule has 0 saturated carbocycles. The number of urea groups is 1. The number of piperidine rings is 1. The average molecular weight is 364 g/mol. The van der Waals surface area contributed by atoms with Crippen molar-refractivity contribution in [1.82, 2.24) is 10.2 Å². The van der Waals surface area contributed by atoms with Gasteiger partial charge in [-0.05, 0) is 49.3 Å². The number of nitrogens with one attached hydrogen (secondary N) is 2. The second kappa shape index (κ2) is 8.13. The second-order valence-corrected chi connectivity index (χ2v) is 7.82. The van der Waals surface area contributed by atoms with E-state index in [4.69, 9.17) is 0 Å². The molecule has 2 bridgehead atoms. The zero-order chi connectivity index (χ0) is 18.6. The lowest BCUT2D eigenvalue weighted by molar-refractivity contribution is 0.112. The molecule has 1 unspecified atom stereocenters. The van der Waals surface area contributed by atoms with Crippen LogP contribution < -0.4 is 10.6 Å².